The number of ketones is 1. The van der Waals surface area contributed by atoms with Crippen molar-refractivity contribution in [2.24, 2.45) is 22.0 Å². The van der Waals surface area contributed by atoms with Crippen molar-refractivity contribution in [1.29, 1.82) is 0 Å². The highest BCUT2D eigenvalue weighted by atomic mass is 16.3. The zero-order chi connectivity index (χ0) is 11.8. The van der Waals surface area contributed by atoms with Gasteiger partial charge in [0.05, 0.1) is 6.04 Å². The number of rotatable bonds is 1. The summed E-state index contributed by atoms with van der Waals surface area (Å²) in [6.07, 6.45) is 9.62. The molecule has 4 unspecified atom stereocenters. The van der Waals surface area contributed by atoms with Crippen LogP contribution in [-0.4, -0.2) is 23.6 Å². The van der Waals surface area contributed by atoms with Crippen molar-refractivity contribution in [1.82, 2.24) is 0 Å². The molecule has 0 amide bonds. The molecular weight excluding hydrogens is 216 g/mol. The van der Waals surface area contributed by atoms with Gasteiger partial charge in [-0.25, -0.2) is 0 Å². The van der Waals surface area contributed by atoms with Crippen LogP contribution >= 0.6 is 0 Å². The molecule has 4 atom stereocenters. The van der Waals surface area contributed by atoms with Crippen LogP contribution in [-0.2, 0) is 4.79 Å². The third-order valence-corrected chi connectivity index (χ3v) is 3.93. The van der Waals surface area contributed by atoms with Crippen molar-refractivity contribution in [3.63, 3.8) is 0 Å². The summed E-state index contributed by atoms with van der Waals surface area (Å²) in [5.74, 6) is 0.222. The molecule has 0 saturated heterocycles. The number of fused-ring (bicyclic) bond motifs is 2. The molecule has 4 nitrogen and oxygen atoms in total. The van der Waals surface area contributed by atoms with Gasteiger partial charge in [0, 0.05) is 30.4 Å². The monoisotopic (exact) mass is 230 g/mol. The maximum atomic E-state index is 11.5. The third-order valence-electron chi connectivity index (χ3n) is 3.93. The molecule has 1 fully saturated rings. The first-order valence-electron chi connectivity index (χ1n) is 6.05. The number of allylic oxidation sites excluding steroid dienone is 2. The second kappa shape index (κ2) is 4.02. The first kappa shape index (κ1) is 10.6. The van der Waals surface area contributed by atoms with Gasteiger partial charge in [-0.15, -0.1) is 0 Å². The van der Waals surface area contributed by atoms with Gasteiger partial charge in [-0.2, -0.15) is 4.91 Å². The van der Waals surface area contributed by atoms with E-state index in [0.29, 0.717) is 19.3 Å². The highest BCUT2D eigenvalue weighted by Gasteiger charge is 2.43. The fourth-order valence-corrected chi connectivity index (χ4v) is 3.06. The van der Waals surface area contributed by atoms with E-state index in [9.17, 15) is 9.70 Å². The van der Waals surface area contributed by atoms with Crippen LogP contribution in [0.2, 0.25) is 0 Å². The van der Waals surface area contributed by atoms with Gasteiger partial charge in [-0.3, -0.25) is 9.79 Å². The summed E-state index contributed by atoms with van der Waals surface area (Å²) >= 11 is 0. The third kappa shape index (κ3) is 1.68. The summed E-state index contributed by atoms with van der Waals surface area (Å²) in [5, 5.41) is 3.28. The Morgan fingerprint density at radius 2 is 2.06 bits per heavy atom. The normalized spacial score (nSPS) is 39.3. The summed E-state index contributed by atoms with van der Waals surface area (Å²) in [4.78, 5) is 27.3. The number of Topliss-reactive ketones (excluding diaryl/α,β-unsaturated/α-hetero) is 1. The van der Waals surface area contributed by atoms with Gasteiger partial charge in [0.15, 0.2) is 0 Å². The molecule has 1 heterocycles. The van der Waals surface area contributed by atoms with Crippen molar-refractivity contribution in [2.45, 2.75) is 31.3 Å². The Balaban J connectivity index is 1.99. The van der Waals surface area contributed by atoms with Gasteiger partial charge in [0.2, 0.25) is 0 Å². The number of nitroso groups, excluding NO2 is 1. The number of hydrogen-bond acceptors (Lipinski definition) is 4. The molecule has 3 aliphatic rings. The molecule has 17 heavy (non-hydrogen) atoms. The van der Waals surface area contributed by atoms with E-state index in [0.717, 1.165) is 5.71 Å². The SMILES string of the molecule is O=NC1C2CC(=O)CCC2=NC2C=CC=CC21. The maximum absolute atomic E-state index is 11.5. The second-order valence-corrected chi connectivity index (χ2v) is 4.90. The van der Waals surface area contributed by atoms with Gasteiger partial charge in [0.1, 0.15) is 11.8 Å². The van der Waals surface area contributed by atoms with Crippen LogP contribution in [0.1, 0.15) is 19.3 Å². The Labute approximate surface area is 99.5 Å². The topological polar surface area (TPSA) is 58.9 Å². The molecule has 0 aromatic heterocycles. The van der Waals surface area contributed by atoms with E-state index < -0.39 is 0 Å². The van der Waals surface area contributed by atoms with Crippen molar-refractivity contribution < 1.29 is 4.79 Å². The van der Waals surface area contributed by atoms with Crippen LogP contribution in [0.4, 0.5) is 0 Å². The lowest BCUT2D eigenvalue weighted by atomic mass is 9.71. The average molecular weight is 230 g/mol. The Morgan fingerprint density at radius 3 is 2.88 bits per heavy atom. The fourth-order valence-electron chi connectivity index (χ4n) is 3.06. The quantitative estimate of drug-likeness (QED) is 0.647. The maximum Gasteiger partial charge on any atom is 0.134 e. The molecule has 88 valence electrons. The average Bonchev–Trinajstić information content (AvgIpc) is 2.36. The van der Waals surface area contributed by atoms with Crippen LogP contribution < -0.4 is 0 Å². The van der Waals surface area contributed by atoms with Crippen molar-refractivity contribution in [3.8, 4) is 0 Å². The molecule has 0 spiro atoms. The van der Waals surface area contributed by atoms with E-state index in [1.165, 1.54) is 0 Å². The fraction of sp³-hybridized carbons (Fsp3) is 0.538. The van der Waals surface area contributed by atoms with E-state index in [1.807, 2.05) is 24.3 Å². The smallest absolute Gasteiger partial charge is 0.134 e. The van der Waals surface area contributed by atoms with Gasteiger partial charge < -0.3 is 0 Å². The molecule has 0 aromatic rings. The van der Waals surface area contributed by atoms with Gasteiger partial charge in [-0.1, -0.05) is 29.5 Å². The first-order chi connectivity index (χ1) is 8.29. The lowest BCUT2D eigenvalue weighted by molar-refractivity contribution is -0.120. The minimum atomic E-state index is -0.321. The summed E-state index contributed by atoms with van der Waals surface area (Å²) < 4.78 is 0. The number of carbonyl (C=O) groups excluding carboxylic acids is 1. The zero-order valence-electron chi connectivity index (χ0n) is 9.45. The van der Waals surface area contributed by atoms with Crippen LogP contribution in [0.25, 0.3) is 0 Å². The molecule has 1 saturated carbocycles. The standard InChI is InChI=1S/C13H14N2O2/c16-8-5-6-12-10(7-8)13(15-17)9-3-1-2-4-11(9)14-12/h1-4,9-11,13H,5-7H2. The molecule has 4 heteroatoms. The largest absolute Gasteiger partial charge is 0.300 e. The van der Waals surface area contributed by atoms with E-state index in [4.69, 9.17) is 0 Å². The number of carbonyl (C=O) groups is 1. The summed E-state index contributed by atoms with van der Waals surface area (Å²) in [7, 11) is 0. The summed E-state index contributed by atoms with van der Waals surface area (Å²) in [6.45, 7) is 0. The molecule has 0 aromatic carbocycles. The minimum Gasteiger partial charge on any atom is -0.300 e. The highest BCUT2D eigenvalue weighted by Crippen LogP contribution is 2.37. The van der Waals surface area contributed by atoms with E-state index in [2.05, 4.69) is 10.2 Å². The van der Waals surface area contributed by atoms with Crippen LogP contribution in [0, 0.1) is 16.7 Å². The van der Waals surface area contributed by atoms with Crippen LogP contribution in [0.3, 0.4) is 0 Å². The Kier molecular flexibility index (Phi) is 2.50. The molecular formula is C13H14N2O2. The summed E-state index contributed by atoms with van der Waals surface area (Å²) in [5.41, 5.74) is 1.02. The van der Waals surface area contributed by atoms with E-state index in [1.54, 1.807) is 0 Å². The van der Waals surface area contributed by atoms with Crippen molar-refractivity contribution in [2.75, 3.05) is 0 Å². The van der Waals surface area contributed by atoms with Gasteiger partial charge in [-0.05, 0) is 6.42 Å². The molecule has 0 bridgehead atoms. The number of hydrogen-bond donors (Lipinski definition) is 0. The van der Waals surface area contributed by atoms with E-state index in [-0.39, 0.29) is 29.7 Å². The van der Waals surface area contributed by atoms with Crippen molar-refractivity contribution >= 4 is 11.5 Å². The Morgan fingerprint density at radius 1 is 1.24 bits per heavy atom. The van der Waals surface area contributed by atoms with Gasteiger partial charge in [0.25, 0.3) is 0 Å². The Bertz CT molecular complexity index is 450. The lowest BCUT2D eigenvalue weighted by Crippen LogP contribution is -2.45. The molecule has 0 N–H and O–H groups in total. The van der Waals surface area contributed by atoms with Crippen molar-refractivity contribution in [3.05, 3.63) is 29.2 Å². The predicted molar refractivity (Wildman–Crippen MR) is 64.9 cm³/mol. The number of nitrogens with zero attached hydrogens (tertiary/aromatic N) is 2. The van der Waals surface area contributed by atoms with E-state index >= 15 is 0 Å². The van der Waals surface area contributed by atoms with Crippen LogP contribution in [0.5, 0.6) is 0 Å². The molecule has 1 aliphatic heterocycles. The molecule has 3 rings (SSSR count). The summed E-state index contributed by atoms with van der Waals surface area (Å²) in [6, 6.07) is -0.278. The molecule has 2 aliphatic carbocycles. The highest BCUT2D eigenvalue weighted by molar-refractivity contribution is 5.98. The lowest BCUT2D eigenvalue weighted by Gasteiger charge is -2.38. The Hall–Kier alpha value is -1.58. The van der Waals surface area contributed by atoms with Gasteiger partial charge >= 0.3 is 0 Å². The number of aliphatic imine (C=N–C) groups is 1. The second-order valence-electron chi connectivity index (χ2n) is 4.90. The minimum absolute atomic E-state index is 0.0390. The molecule has 0 radical (unpaired) electrons. The van der Waals surface area contributed by atoms with Crippen LogP contribution in [0.15, 0.2) is 34.5 Å². The predicted octanol–water partition coefficient (Wildman–Crippen LogP) is 2.06. The zero-order valence-corrected chi connectivity index (χ0v) is 9.45. The first-order valence-corrected chi connectivity index (χ1v) is 6.05.